The number of benzene rings is 1. The van der Waals surface area contributed by atoms with Crippen LogP contribution in [0.4, 0.5) is 8.78 Å². The maximum Gasteiger partial charge on any atom is 0.187 e. The first-order valence-electron chi connectivity index (χ1n) is 7.11. The van der Waals surface area contributed by atoms with Crippen molar-refractivity contribution in [3.8, 4) is 0 Å². The molecule has 114 valence electrons. The highest BCUT2D eigenvalue weighted by molar-refractivity contribution is 7.80. The van der Waals surface area contributed by atoms with E-state index in [0.29, 0.717) is 17.1 Å². The summed E-state index contributed by atoms with van der Waals surface area (Å²) in [5.41, 5.74) is 2.88. The van der Waals surface area contributed by atoms with Crippen molar-refractivity contribution in [2.75, 3.05) is 0 Å². The van der Waals surface area contributed by atoms with E-state index >= 15 is 0 Å². The van der Waals surface area contributed by atoms with Crippen LogP contribution in [0.5, 0.6) is 0 Å². The summed E-state index contributed by atoms with van der Waals surface area (Å²) in [5, 5.41) is 7.54. The molecule has 1 fully saturated rings. The predicted octanol–water partition coefficient (Wildman–Crippen LogP) is 3.34. The monoisotopic (exact) mass is 311 g/mol. The number of rotatable bonds is 3. The number of thiocarbonyl (C=S) groups is 1. The molecule has 0 aliphatic heterocycles. The lowest BCUT2D eigenvalue weighted by molar-refractivity contribution is 0.308. The fourth-order valence-electron chi connectivity index (χ4n) is 2.50. The van der Waals surface area contributed by atoms with Crippen LogP contribution >= 0.6 is 12.2 Å². The van der Waals surface area contributed by atoms with Crippen molar-refractivity contribution < 1.29 is 8.78 Å². The molecule has 1 aliphatic rings. The zero-order valence-corrected chi connectivity index (χ0v) is 12.7. The lowest BCUT2D eigenvalue weighted by atomic mass is 9.86. The molecule has 6 heteroatoms. The lowest BCUT2D eigenvalue weighted by Crippen LogP contribution is -2.44. The van der Waals surface area contributed by atoms with Gasteiger partial charge in [-0.25, -0.2) is 8.78 Å². The Labute approximate surface area is 128 Å². The fraction of sp³-hybridized carbons (Fsp3) is 0.467. The Hall–Kier alpha value is -1.56. The first-order valence-corrected chi connectivity index (χ1v) is 7.51. The minimum atomic E-state index is -0.652. The summed E-state index contributed by atoms with van der Waals surface area (Å²) in [7, 11) is 0. The van der Waals surface area contributed by atoms with E-state index < -0.39 is 11.6 Å². The average molecular weight is 311 g/mol. The zero-order valence-electron chi connectivity index (χ0n) is 11.9. The third kappa shape index (κ3) is 4.74. The molecule has 2 rings (SSSR count). The first-order chi connectivity index (χ1) is 10.1. The van der Waals surface area contributed by atoms with Crippen LogP contribution in [-0.2, 0) is 0 Å². The molecule has 0 heterocycles. The van der Waals surface area contributed by atoms with Gasteiger partial charge < -0.3 is 5.32 Å². The van der Waals surface area contributed by atoms with E-state index in [2.05, 4.69) is 22.8 Å². The Morgan fingerprint density at radius 2 is 2.10 bits per heavy atom. The summed E-state index contributed by atoms with van der Waals surface area (Å²) in [6, 6.07) is 3.69. The molecule has 21 heavy (non-hydrogen) atoms. The van der Waals surface area contributed by atoms with Gasteiger partial charge in [0.25, 0.3) is 0 Å². The van der Waals surface area contributed by atoms with E-state index in [1.165, 1.54) is 37.6 Å². The Morgan fingerprint density at radius 1 is 1.33 bits per heavy atom. The van der Waals surface area contributed by atoms with Gasteiger partial charge in [0.15, 0.2) is 5.11 Å². The van der Waals surface area contributed by atoms with E-state index in [4.69, 9.17) is 12.2 Å². The normalized spacial score (nSPS) is 22.2. The number of halogens is 2. The van der Waals surface area contributed by atoms with Gasteiger partial charge in [-0.2, -0.15) is 5.10 Å². The Morgan fingerprint density at radius 3 is 2.81 bits per heavy atom. The predicted molar refractivity (Wildman–Crippen MR) is 84.2 cm³/mol. The highest BCUT2D eigenvalue weighted by atomic mass is 32.1. The molecule has 2 N–H and O–H groups in total. The minimum Gasteiger partial charge on any atom is -0.358 e. The van der Waals surface area contributed by atoms with E-state index in [-0.39, 0.29) is 5.56 Å². The zero-order chi connectivity index (χ0) is 15.2. The van der Waals surface area contributed by atoms with Crippen molar-refractivity contribution in [3.63, 3.8) is 0 Å². The van der Waals surface area contributed by atoms with Crippen molar-refractivity contribution in [2.45, 2.75) is 38.6 Å². The smallest absolute Gasteiger partial charge is 0.187 e. The molecule has 1 aliphatic carbocycles. The first kappa shape index (κ1) is 15.8. The Kier molecular flexibility index (Phi) is 5.61. The molecule has 0 unspecified atom stereocenters. The summed E-state index contributed by atoms with van der Waals surface area (Å²) in [4.78, 5) is 0. The van der Waals surface area contributed by atoms with Crippen LogP contribution in [0.25, 0.3) is 0 Å². The van der Waals surface area contributed by atoms with E-state index in [1.807, 2.05) is 0 Å². The molecule has 0 spiro atoms. The minimum absolute atomic E-state index is 0.206. The second-order valence-electron chi connectivity index (χ2n) is 5.38. The quantitative estimate of drug-likeness (QED) is 0.511. The van der Waals surface area contributed by atoms with Gasteiger partial charge in [0.2, 0.25) is 0 Å². The summed E-state index contributed by atoms with van der Waals surface area (Å²) < 4.78 is 26.2. The summed E-state index contributed by atoms with van der Waals surface area (Å²) in [6.45, 7) is 2.20. The molecule has 0 amide bonds. The molecule has 1 aromatic carbocycles. The third-order valence-corrected chi connectivity index (χ3v) is 3.97. The fourth-order valence-corrected chi connectivity index (χ4v) is 2.70. The van der Waals surface area contributed by atoms with E-state index in [9.17, 15) is 8.78 Å². The average Bonchev–Trinajstić information content (AvgIpc) is 2.44. The Bertz CT molecular complexity index is 534. The maximum atomic E-state index is 13.4. The van der Waals surface area contributed by atoms with Crippen molar-refractivity contribution in [2.24, 2.45) is 11.0 Å². The van der Waals surface area contributed by atoms with Gasteiger partial charge >= 0.3 is 0 Å². The molecule has 0 radical (unpaired) electrons. The standard InChI is InChI=1S/C15H19F2N3S/c1-10-4-2-3-5-14(10)19-15(21)20-18-9-11-6-7-12(16)8-13(11)17/h6-10,14H,2-5H2,1H3,(H2,19,20,21)/b18-9-/t10-,14-/m1/s1. The van der Waals surface area contributed by atoms with Crippen molar-refractivity contribution in [1.82, 2.24) is 10.7 Å². The summed E-state index contributed by atoms with van der Waals surface area (Å²) in [6.07, 6.45) is 6.05. The van der Waals surface area contributed by atoms with E-state index in [1.54, 1.807) is 0 Å². The molecule has 0 saturated heterocycles. The van der Waals surface area contributed by atoms with Gasteiger partial charge in [-0.1, -0.05) is 19.8 Å². The van der Waals surface area contributed by atoms with Crippen LogP contribution in [-0.4, -0.2) is 17.4 Å². The summed E-state index contributed by atoms with van der Waals surface area (Å²) in [5.74, 6) is -0.682. The van der Waals surface area contributed by atoms with Gasteiger partial charge in [-0.05, 0) is 43.1 Å². The highest BCUT2D eigenvalue weighted by Crippen LogP contribution is 2.23. The van der Waals surface area contributed by atoms with Crippen LogP contribution < -0.4 is 10.7 Å². The number of nitrogens with zero attached hydrogens (tertiary/aromatic N) is 1. The van der Waals surface area contributed by atoms with Crippen LogP contribution in [0.15, 0.2) is 23.3 Å². The van der Waals surface area contributed by atoms with Crippen molar-refractivity contribution >= 4 is 23.5 Å². The molecular weight excluding hydrogens is 292 g/mol. The van der Waals surface area contributed by atoms with Gasteiger partial charge in [-0.15, -0.1) is 0 Å². The maximum absolute atomic E-state index is 13.4. The number of hydrogen-bond acceptors (Lipinski definition) is 2. The lowest BCUT2D eigenvalue weighted by Gasteiger charge is -2.30. The van der Waals surface area contributed by atoms with Crippen molar-refractivity contribution in [1.29, 1.82) is 0 Å². The molecule has 2 atom stereocenters. The van der Waals surface area contributed by atoms with Gasteiger partial charge in [0, 0.05) is 17.7 Å². The second kappa shape index (κ2) is 7.45. The topological polar surface area (TPSA) is 36.4 Å². The summed E-state index contributed by atoms with van der Waals surface area (Å²) >= 11 is 5.17. The van der Waals surface area contributed by atoms with Crippen LogP contribution in [0, 0.1) is 17.6 Å². The molecule has 1 saturated carbocycles. The molecular formula is C15H19F2N3S. The van der Waals surface area contributed by atoms with Crippen LogP contribution in [0.3, 0.4) is 0 Å². The van der Waals surface area contributed by atoms with Gasteiger partial charge in [0.1, 0.15) is 11.6 Å². The number of hydrazone groups is 1. The molecule has 1 aromatic rings. The molecule has 0 bridgehead atoms. The highest BCUT2D eigenvalue weighted by Gasteiger charge is 2.21. The van der Waals surface area contributed by atoms with Crippen LogP contribution in [0.1, 0.15) is 38.2 Å². The third-order valence-electron chi connectivity index (χ3n) is 3.76. The second-order valence-corrected chi connectivity index (χ2v) is 5.79. The van der Waals surface area contributed by atoms with Gasteiger partial charge in [0.05, 0.1) is 6.21 Å². The molecule has 0 aromatic heterocycles. The number of hydrogen-bond donors (Lipinski definition) is 2. The van der Waals surface area contributed by atoms with Crippen LogP contribution in [0.2, 0.25) is 0 Å². The molecule has 3 nitrogen and oxygen atoms in total. The Balaban J connectivity index is 1.84. The van der Waals surface area contributed by atoms with Crippen molar-refractivity contribution in [3.05, 3.63) is 35.4 Å². The SMILES string of the molecule is C[C@@H]1CCCC[C@H]1NC(=S)N/N=C\c1ccc(F)cc1F. The van der Waals surface area contributed by atoms with E-state index in [0.717, 1.165) is 12.5 Å². The number of nitrogens with one attached hydrogen (secondary N) is 2. The largest absolute Gasteiger partial charge is 0.358 e. The van der Waals surface area contributed by atoms with Gasteiger partial charge in [-0.3, -0.25) is 5.43 Å².